The number of nitrogens with zero attached hydrogens (tertiary/aromatic N) is 3. The number of aromatic nitrogens is 2. The van der Waals surface area contributed by atoms with Crippen LogP contribution >= 0.6 is 11.6 Å². The van der Waals surface area contributed by atoms with E-state index in [1.54, 1.807) is 16.8 Å². The molecule has 1 aromatic heterocycles. The van der Waals surface area contributed by atoms with Crippen molar-refractivity contribution in [3.8, 4) is 0 Å². The van der Waals surface area contributed by atoms with Crippen molar-refractivity contribution in [2.75, 3.05) is 20.6 Å². The highest BCUT2D eigenvalue weighted by Gasteiger charge is 2.21. The summed E-state index contributed by atoms with van der Waals surface area (Å²) in [4.78, 5) is 0.0658. The van der Waals surface area contributed by atoms with Gasteiger partial charge >= 0.3 is 0 Å². The number of hydrogen-bond donors (Lipinski definition) is 1. The maximum absolute atomic E-state index is 13.8. The van der Waals surface area contributed by atoms with Crippen LogP contribution in [0.25, 0.3) is 0 Å². The Balaban J connectivity index is 2.32. The Morgan fingerprint density at radius 2 is 2.04 bits per heavy atom. The fraction of sp³-hybridized carbons (Fsp3) is 0.389. The van der Waals surface area contributed by atoms with Gasteiger partial charge in [-0.2, -0.15) is 5.10 Å². The first kappa shape index (κ1) is 21.6. The van der Waals surface area contributed by atoms with Crippen LogP contribution in [0.2, 0.25) is 5.02 Å². The van der Waals surface area contributed by atoms with Gasteiger partial charge in [0.2, 0.25) is 10.0 Å². The summed E-state index contributed by atoms with van der Waals surface area (Å²) in [6.45, 7) is 3.90. The van der Waals surface area contributed by atoms with Crippen LogP contribution in [-0.2, 0) is 23.0 Å². The summed E-state index contributed by atoms with van der Waals surface area (Å²) in [5.74, 6) is -0.337. The van der Waals surface area contributed by atoms with E-state index in [1.807, 2.05) is 13.8 Å². The highest BCUT2D eigenvalue weighted by molar-refractivity contribution is 7.89. The molecule has 0 saturated carbocycles. The van der Waals surface area contributed by atoms with Gasteiger partial charge in [-0.25, -0.2) is 17.1 Å². The van der Waals surface area contributed by atoms with E-state index in [-0.39, 0.29) is 28.8 Å². The lowest BCUT2D eigenvalue weighted by Gasteiger charge is -2.13. The Hall–Kier alpha value is -1.74. The number of sulfonamides is 1. The topological polar surface area (TPSA) is 81.2 Å². The summed E-state index contributed by atoms with van der Waals surface area (Å²) < 4.78 is 41.0. The van der Waals surface area contributed by atoms with Gasteiger partial charge in [0.15, 0.2) is 0 Å². The summed E-state index contributed by atoms with van der Waals surface area (Å²) in [5, 5.41) is 4.56. The normalized spacial score (nSPS) is 12.8. The zero-order valence-electron chi connectivity index (χ0n) is 15.8. The highest BCUT2D eigenvalue weighted by atomic mass is 35.5. The zero-order chi connectivity index (χ0) is 20.4. The quantitative estimate of drug-likeness (QED) is 0.755. The monoisotopic (exact) mass is 414 g/mol. The lowest BCUT2D eigenvalue weighted by molar-refractivity contribution is 0.517. The fourth-order valence-electron chi connectivity index (χ4n) is 2.74. The van der Waals surface area contributed by atoms with Gasteiger partial charge in [0.25, 0.3) is 0 Å². The van der Waals surface area contributed by atoms with Crippen molar-refractivity contribution in [3.05, 3.63) is 57.6 Å². The molecule has 0 aliphatic heterocycles. The van der Waals surface area contributed by atoms with Gasteiger partial charge in [0.05, 0.1) is 17.3 Å². The van der Waals surface area contributed by atoms with Crippen molar-refractivity contribution >= 4 is 21.6 Å². The number of halogens is 2. The molecule has 0 atom stereocenters. The largest absolute Gasteiger partial charge is 0.327 e. The van der Waals surface area contributed by atoms with E-state index in [9.17, 15) is 12.8 Å². The van der Waals surface area contributed by atoms with Crippen molar-refractivity contribution in [1.82, 2.24) is 14.1 Å². The predicted molar refractivity (Wildman–Crippen MR) is 105 cm³/mol. The Kier molecular flexibility index (Phi) is 6.80. The predicted octanol–water partition coefficient (Wildman–Crippen LogP) is 2.81. The zero-order valence-corrected chi connectivity index (χ0v) is 17.4. The third kappa shape index (κ3) is 4.76. The first-order valence-corrected chi connectivity index (χ1v) is 10.2. The van der Waals surface area contributed by atoms with E-state index in [1.165, 1.54) is 26.2 Å². The van der Waals surface area contributed by atoms with Gasteiger partial charge in [0.1, 0.15) is 10.7 Å². The maximum atomic E-state index is 13.8. The first-order valence-electron chi connectivity index (χ1n) is 8.36. The molecule has 0 radical (unpaired) electrons. The second-order valence-electron chi connectivity index (χ2n) is 6.42. The molecule has 9 heteroatoms. The first-order chi connectivity index (χ1) is 12.6. The number of nitrogens with two attached hydrogens (primary N) is 1. The summed E-state index contributed by atoms with van der Waals surface area (Å²) in [5.41, 5.74) is 8.76. The van der Waals surface area contributed by atoms with Gasteiger partial charge in [-0.3, -0.25) is 4.68 Å². The second kappa shape index (κ2) is 8.52. The van der Waals surface area contributed by atoms with Crippen molar-refractivity contribution in [2.24, 2.45) is 5.73 Å². The van der Waals surface area contributed by atoms with Crippen LogP contribution in [0.15, 0.2) is 35.0 Å². The molecule has 6 nitrogen and oxygen atoms in total. The van der Waals surface area contributed by atoms with Crippen molar-refractivity contribution in [2.45, 2.75) is 31.7 Å². The molecule has 0 aliphatic carbocycles. The number of benzene rings is 1. The molecular formula is C18H24ClFN4O2S. The minimum atomic E-state index is -3.60. The maximum Gasteiger partial charge on any atom is 0.244 e. The number of allylic oxidation sites excluding steroid dienone is 1. The Morgan fingerprint density at radius 3 is 2.59 bits per heavy atom. The molecule has 0 unspecified atom stereocenters. The lowest BCUT2D eigenvalue weighted by atomic mass is 10.0. The molecule has 0 aliphatic rings. The van der Waals surface area contributed by atoms with E-state index in [2.05, 4.69) is 5.10 Å². The Bertz CT molecular complexity index is 968. The molecule has 0 bridgehead atoms. The molecule has 2 aromatic rings. The molecule has 0 amide bonds. The van der Waals surface area contributed by atoms with Gasteiger partial charge in [0, 0.05) is 38.3 Å². The molecule has 0 spiro atoms. The van der Waals surface area contributed by atoms with E-state index in [0.29, 0.717) is 6.42 Å². The van der Waals surface area contributed by atoms with Crippen LogP contribution in [0.1, 0.15) is 22.5 Å². The van der Waals surface area contributed by atoms with E-state index >= 15 is 0 Å². The standard InChI is InChI=1S/C18H24ClFN4O2S/c1-12-16(13(2)24(22-12)11-15(20)7-8-21)9-14-5-6-18(17(19)10-14)27(25,26)23(3)4/h5-7,10H,8-9,11,21H2,1-4H3/b15-7-. The number of aryl methyl sites for hydroxylation is 1. The molecule has 1 aromatic carbocycles. The van der Waals surface area contributed by atoms with E-state index in [4.69, 9.17) is 17.3 Å². The van der Waals surface area contributed by atoms with Gasteiger partial charge in [-0.05, 0) is 37.6 Å². The second-order valence-corrected chi connectivity index (χ2v) is 8.95. The summed E-state index contributed by atoms with van der Waals surface area (Å²) in [6.07, 6.45) is 1.84. The molecule has 27 heavy (non-hydrogen) atoms. The molecule has 0 saturated heterocycles. The van der Waals surface area contributed by atoms with Gasteiger partial charge in [-0.15, -0.1) is 0 Å². The minimum absolute atomic E-state index is 0.0324. The van der Waals surface area contributed by atoms with Crippen LogP contribution in [0.3, 0.4) is 0 Å². The third-order valence-corrected chi connectivity index (χ3v) is 6.61. The highest BCUT2D eigenvalue weighted by Crippen LogP contribution is 2.27. The molecule has 1 heterocycles. The fourth-order valence-corrected chi connectivity index (χ4v) is 4.18. The van der Waals surface area contributed by atoms with Crippen molar-refractivity contribution < 1.29 is 12.8 Å². The molecule has 148 valence electrons. The summed E-state index contributed by atoms with van der Waals surface area (Å²) in [6, 6.07) is 4.88. The van der Waals surface area contributed by atoms with Crippen LogP contribution < -0.4 is 5.73 Å². The minimum Gasteiger partial charge on any atom is -0.327 e. The Labute approximate surface area is 164 Å². The van der Waals surface area contributed by atoms with Crippen LogP contribution in [0, 0.1) is 13.8 Å². The lowest BCUT2D eigenvalue weighted by Crippen LogP contribution is -2.22. The van der Waals surface area contributed by atoms with Crippen LogP contribution in [-0.4, -0.2) is 43.1 Å². The SMILES string of the molecule is Cc1nn(C/C(F)=C/CN)c(C)c1Cc1ccc(S(=O)(=O)N(C)C)c(Cl)c1. The average molecular weight is 415 g/mol. The smallest absolute Gasteiger partial charge is 0.244 e. The third-order valence-electron chi connectivity index (χ3n) is 4.31. The van der Waals surface area contributed by atoms with Crippen molar-refractivity contribution in [1.29, 1.82) is 0 Å². The molecule has 2 N–H and O–H groups in total. The van der Waals surface area contributed by atoms with E-state index in [0.717, 1.165) is 26.8 Å². The Morgan fingerprint density at radius 1 is 1.37 bits per heavy atom. The number of hydrogen-bond acceptors (Lipinski definition) is 4. The van der Waals surface area contributed by atoms with Gasteiger partial charge < -0.3 is 5.73 Å². The van der Waals surface area contributed by atoms with E-state index < -0.39 is 10.0 Å². The summed E-state index contributed by atoms with van der Waals surface area (Å²) >= 11 is 6.22. The van der Waals surface area contributed by atoms with Gasteiger partial charge in [-0.1, -0.05) is 17.7 Å². The molecule has 2 rings (SSSR count). The summed E-state index contributed by atoms with van der Waals surface area (Å²) in [7, 11) is -0.687. The molecular weight excluding hydrogens is 391 g/mol. The van der Waals surface area contributed by atoms with Crippen molar-refractivity contribution in [3.63, 3.8) is 0 Å². The van der Waals surface area contributed by atoms with Crippen LogP contribution in [0.5, 0.6) is 0 Å². The average Bonchev–Trinajstić information content (AvgIpc) is 2.82. The molecule has 0 fully saturated rings. The van der Waals surface area contributed by atoms with Crippen LogP contribution in [0.4, 0.5) is 4.39 Å². The number of rotatable bonds is 7.